The van der Waals surface area contributed by atoms with Gasteiger partial charge in [-0.25, -0.2) is 4.79 Å². The molecule has 152 valence electrons. The largest absolute Gasteiger partial charge is 0.370 e. The molecule has 0 saturated carbocycles. The van der Waals surface area contributed by atoms with Crippen LogP contribution in [0.2, 0.25) is 0 Å². The van der Waals surface area contributed by atoms with E-state index >= 15 is 0 Å². The van der Waals surface area contributed by atoms with Crippen LogP contribution in [0.25, 0.3) is 10.2 Å². The van der Waals surface area contributed by atoms with Gasteiger partial charge in [-0.2, -0.15) is 0 Å². The van der Waals surface area contributed by atoms with Crippen LogP contribution in [0.15, 0.2) is 39.9 Å². The highest BCUT2D eigenvalue weighted by Gasteiger charge is 2.32. The second-order valence-electron chi connectivity index (χ2n) is 7.94. The maximum absolute atomic E-state index is 13.4. The summed E-state index contributed by atoms with van der Waals surface area (Å²) < 4.78 is 8.43. The molecule has 8 heteroatoms. The highest BCUT2D eigenvalue weighted by atomic mass is 32.1. The third-order valence-electron chi connectivity index (χ3n) is 5.22. The van der Waals surface area contributed by atoms with E-state index in [1.165, 1.54) is 20.5 Å². The van der Waals surface area contributed by atoms with Gasteiger partial charge in [0, 0.05) is 17.8 Å². The van der Waals surface area contributed by atoms with Crippen molar-refractivity contribution in [1.29, 1.82) is 0 Å². The van der Waals surface area contributed by atoms with E-state index in [2.05, 4.69) is 0 Å². The summed E-state index contributed by atoms with van der Waals surface area (Å²) in [5.41, 5.74) is 6.13. The van der Waals surface area contributed by atoms with E-state index in [9.17, 15) is 14.4 Å². The van der Waals surface area contributed by atoms with E-state index < -0.39 is 17.2 Å². The molecule has 4 rings (SSSR count). The van der Waals surface area contributed by atoms with Crippen molar-refractivity contribution in [2.24, 2.45) is 5.73 Å². The third kappa shape index (κ3) is 3.65. The number of thiophene rings is 1. The van der Waals surface area contributed by atoms with E-state index in [1.54, 1.807) is 0 Å². The van der Waals surface area contributed by atoms with Crippen molar-refractivity contribution in [2.75, 3.05) is 0 Å². The van der Waals surface area contributed by atoms with Crippen LogP contribution < -0.4 is 17.0 Å². The van der Waals surface area contributed by atoms with Crippen molar-refractivity contribution in [3.63, 3.8) is 0 Å². The number of aromatic nitrogens is 2. The lowest BCUT2D eigenvalue weighted by Gasteiger charge is -2.29. The molecule has 3 aromatic rings. The van der Waals surface area contributed by atoms with Crippen LogP contribution in [-0.2, 0) is 42.1 Å². The summed E-state index contributed by atoms with van der Waals surface area (Å²) in [6.45, 7) is 4.32. The van der Waals surface area contributed by atoms with Crippen molar-refractivity contribution in [1.82, 2.24) is 9.13 Å². The highest BCUT2D eigenvalue weighted by Crippen LogP contribution is 2.37. The van der Waals surface area contributed by atoms with Gasteiger partial charge in [-0.15, -0.1) is 11.3 Å². The Morgan fingerprint density at radius 3 is 2.62 bits per heavy atom. The number of hydrogen-bond acceptors (Lipinski definition) is 5. The third-order valence-corrected chi connectivity index (χ3v) is 6.44. The van der Waals surface area contributed by atoms with Crippen LogP contribution in [0.4, 0.5) is 0 Å². The van der Waals surface area contributed by atoms with Gasteiger partial charge in [-0.1, -0.05) is 30.3 Å². The van der Waals surface area contributed by atoms with E-state index in [1.807, 2.05) is 44.2 Å². The van der Waals surface area contributed by atoms with Crippen molar-refractivity contribution in [2.45, 2.75) is 52.0 Å². The van der Waals surface area contributed by atoms with Crippen LogP contribution in [0.1, 0.15) is 29.9 Å². The number of carbonyl (C=O) groups excluding carboxylic acids is 1. The molecular weight excluding hydrogens is 390 g/mol. The number of aryl methyl sites for hydroxylation is 1. The summed E-state index contributed by atoms with van der Waals surface area (Å²) in [4.78, 5) is 39.5. The highest BCUT2D eigenvalue weighted by molar-refractivity contribution is 7.18. The van der Waals surface area contributed by atoms with Gasteiger partial charge in [0.25, 0.3) is 5.56 Å². The van der Waals surface area contributed by atoms with Crippen LogP contribution in [0.5, 0.6) is 0 Å². The zero-order valence-corrected chi connectivity index (χ0v) is 17.3. The zero-order valence-electron chi connectivity index (χ0n) is 16.4. The molecule has 1 aromatic carbocycles. The molecule has 0 aliphatic carbocycles. The Kier molecular flexibility index (Phi) is 4.92. The Morgan fingerprint density at radius 1 is 1.21 bits per heavy atom. The summed E-state index contributed by atoms with van der Waals surface area (Å²) in [6, 6.07) is 9.67. The lowest BCUT2D eigenvalue weighted by Crippen LogP contribution is -2.42. The molecule has 0 spiro atoms. The van der Waals surface area contributed by atoms with Crippen molar-refractivity contribution < 1.29 is 9.53 Å². The lowest BCUT2D eigenvalue weighted by atomic mass is 9.94. The number of carbonyl (C=O) groups is 1. The van der Waals surface area contributed by atoms with Gasteiger partial charge in [0.05, 0.1) is 17.6 Å². The first kappa shape index (κ1) is 19.6. The van der Waals surface area contributed by atoms with Gasteiger partial charge >= 0.3 is 5.69 Å². The summed E-state index contributed by atoms with van der Waals surface area (Å²) >= 11 is 1.34. The normalized spacial score (nSPS) is 15.4. The van der Waals surface area contributed by atoms with Crippen molar-refractivity contribution in [3.05, 3.63) is 67.2 Å². The summed E-state index contributed by atoms with van der Waals surface area (Å²) in [7, 11) is 0. The fourth-order valence-corrected chi connectivity index (χ4v) is 5.00. The Morgan fingerprint density at radius 2 is 1.93 bits per heavy atom. The maximum atomic E-state index is 13.4. The van der Waals surface area contributed by atoms with Gasteiger partial charge in [0.15, 0.2) is 0 Å². The Balaban J connectivity index is 1.90. The monoisotopic (exact) mass is 413 g/mol. The summed E-state index contributed by atoms with van der Waals surface area (Å²) in [6.07, 6.45) is 1.12. The Labute approximate surface area is 171 Å². The van der Waals surface area contributed by atoms with Crippen molar-refractivity contribution in [3.8, 4) is 0 Å². The number of nitrogens with two attached hydrogens (primary N) is 1. The average molecular weight is 413 g/mol. The average Bonchev–Trinajstić information content (AvgIpc) is 3.03. The minimum absolute atomic E-state index is 0.237. The van der Waals surface area contributed by atoms with Crippen LogP contribution >= 0.6 is 11.3 Å². The maximum Gasteiger partial charge on any atom is 0.332 e. The number of hydrogen-bond donors (Lipinski definition) is 1. The summed E-state index contributed by atoms with van der Waals surface area (Å²) in [5, 5.41) is 0.510. The zero-order chi connectivity index (χ0) is 20.8. The first-order chi connectivity index (χ1) is 13.8. The van der Waals surface area contributed by atoms with Gasteiger partial charge < -0.3 is 10.5 Å². The molecular formula is C21H23N3O4S. The predicted octanol–water partition coefficient (Wildman–Crippen LogP) is 1.80. The summed E-state index contributed by atoms with van der Waals surface area (Å²) in [5.74, 6) is -0.621. The molecule has 0 fully saturated rings. The second-order valence-corrected chi connectivity index (χ2v) is 9.02. The van der Waals surface area contributed by atoms with E-state index in [4.69, 9.17) is 10.5 Å². The molecule has 0 unspecified atom stereocenters. The van der Waals surface area contributed by atoms with Gasteiger partial charge in [0.1, 0.15) is 11.4 Å². The van der Waals surface area contributed by atoms with Gasteiger partial charge in [-0.05, 0) is 31.4 Å². The van der Waals surface area contributed by atoms with E-state index in [-0.39, 0.29) is 18.6 Å². The number of ether oxygens (including phenoxy) is 1. The van der Waals surface area contributed by atoms with E-state index in [0.29, 0.717) is 29.7 Å². The molecule has 2 N–H and O–H groups in total. The number of primary amides is 1. The molecule has 1 aliphatic rings. The lowest BCUT2D eigenvalue weighted by molar-refractivity contribution is -0.118. The van der Waals surface area contributed by atoms with Crippen molar-refractivity contribution >= 4 is 27.5 Å². The molecule has 1 aliphatic heterocycles. The second kappa shape index (κ2) is 7.27. The Bertz CT molecular complexity index is 1200. The van der Waals surface area contributed by atoms with E-state index in [0.717, 1.165) is 16.0 Å². The smallest absolute Gasteiger partial charge is 0.332 e. The predicted molar refractivity (Wildman–Crippen MR) is 112 cm³/mol. The van der Waals surface area contributed by atoms with Gasteiger partial charge in [-0.3, -0.25) is 18.7 Å². The Hall–Kier alpha value is -2.71. The molecule has 1 amide bonds. The minimum atomic E-state index is -0.621. The number of nitrogens with zero attached hydrogens (tertiary/aromatic N) is 2. The molecule has 3 heterocycles. The number of amides is 1. The first-order valence-corrected chi connectivity index (χ1v) is 10.3. The number of fused-ring (bicyclic) bond motifs is 3. The van der Waals surface area contributed by atoms with Gasteiger partial charge in [0.2, 0.25) is 5.91 Å². The fourth-order valence-electron chi connectivity index (χ4n) is 3.78. The minimum Gasteiger partial charge on any atom is -0.370 e. The SMILES string of the molecule is CC1(C)Cc2c(sc3c2c(=O)n(CCc2ccccc2)c(=O)n3CC(N)=O)CO1. The molecule has 0 atom stereocenters. The molecule has 0 bridgehead atoms. The molecule has 2 aromatic heterocycles. The quantitative estimate of drug-likeness (QED) is 0.690. The molecule has 7 nitrogen and oxygen atoms in total. The first-order valence-electron chi connectivity index (χ1n) is 9.51. The fraction of sp³-hybridized carbons (Fsp3) is 0.381. The van der Waals surface area contributed by atoms with Crippen LogP contribution in [0.3, 0.4) is 0 Å². The standard InChI is InChI=1S/C21H23N3O4S/c1-21(2)10-14-15(12-28-21)29-19-17(14)18(26)23(20(27)24(19)11-16(22)25)9-8-13-6-4-3-5-7-13/h3-7H,8-12H2,1-2H3,(H2,22,25). The number of rotatable bonds is 5. The van der Waals surface area contributed by atoms with Crippen LogP contribution in [-0.4, -0.2) is 20.6 Å². The number of benzene rings is 1. The molecule has 29 heavy (non-hydrogen) atoms. The topological polar surface area (TPSA) is 96.3 Å². The van der Waals surface area contributed by atoms with Crippen LogP contribution in [0, 0.1) is 0 Å². The molecule has 0 radical (unpaired) electrons. The molecule has 0 saturated heterocycles.